The summed E-state index contributed by atoms with van der Waals surface area (Å²) < 4.78 is 27.6. The van der Waals surface area contributed by atoms with E-state index in [1.54, 1.807) is 25.1 Å². The van der Waals surface area contributed by atoms with Crippen molar-refractivity contribution >= 4 is 33.2 Å². The Hall–Kier alpha value is -2.05. The molecule has 2 N–H and O–H groups in total. The molecule has 0 fully saturated rings. The number of hydrogen-bond donors (Lipinski definition) is 2. The third-order valence-corrected chi connectivity index (χ3v) is 5.49. The smallest absolute Gasteiger partial charge is 0.261 e. The Morgan fingerprint density at radius 3 is 2.40 bits per heavy atom. The number of halogens is 1. The molecule has 7 heteroatoms. The third-order valence-electron chi connectivity index (χ3n) is 3.86. The van der Waals surface area contributed by atoms with Crippen LogP contribution in [0.25, 0.3) is 0 Å². The zero-order valence-corrected chi connectivity index (χ0v) is 15.9. The zero-order valence-electron chi connectivity index (χ0n) is 14.3. The highest BCUT2D eigenvalue weighted by Crippen LogP contribution is 2.22. The molecule has 0 bridgehead atoms. The van der Waals surface area contributed by atoms with Gasteiger partial charge in [-0.05, 0) is 62.2 Å². The Morgan fingerprint density at radius 1 is 1.16 bits per heavy atom. The van der Waals surface area contributed by atoms with Gasteiger partial charge in [0.15, 0.2) is 0 Å². The lowest BCUT2D eigenvalue weighted by molar-refractivity contribution is 0.0939. The van der Waals surface area contributed by atoms with E-state index in [1.807, 2.05) is 13.8 Å². The molecule has 25 heavy (non-hydrogen) atoms. The van der Waals surface area contributed by atoms with Gasteiger partial charge in [-0.2, -0.15) is 0 Å². The predicted octanol–water partition coefficient (Wildman–Crippen LogP) is 3.98. The van der Waals surface area contributed by atoms with Crippen LogP contribution in [0.3, 0.4) is 0 Å². The molecule has 0 aromatic heterocycles. The SMILES string of the molecule is CCC(C)NC(=O)c1ccc(C)c(NS(=O)(=O)c2ccc(Cl)cc2)c1. The van der Waals surface area contributed by atoms with Crippen LogP contribution in [-0.2, 0) is 10.0 Å². The Labute approximate surface area is 153 Å². The van der Waals surface area contributed by atoms with Crippen LogP contribution in [-0.4, -0.2) is 20.4 Å². The second kappa shape index (κ2) is 7.89. The van der Waals surface area contributed by atoms with E-state index >= 15 is 0 Å². The van der Waals surface area contributed by atoms with Crippen molar-refractivity contribution in [3.63, 3.8) is 0 Å². The molecular weight excluding hydrogens is 360 g/mol. The first-order chi connectivity index (χ1) is 11.7. The van der Waals surface area contributed by atoms with Crippen LogP contribution in [0.4, 0.5) is 5.69 Å². The van der Waals surface area contributed by atoms with Crippen LogP contribution >= 0.6 is 11.6 Å². The summed E-state index contributed by atoms with van der Waals surface area (Å²) in [6.07, 6.45) is 0.813. The van der Waals surface area contributed by atoms with Crippen molar-refractivity contribution in [2.45, 2.75) is 38.1 Å². The second-order valence-electron chi connectivity index (χ2n) is 5.87. The van der Waals surface area contributed by atoms with Gasteiger partial charge in [0.2, 0.25) is 0 Å². The summed E-state index contributed by atoms with van der Waals surface area (Å²) in [7, 11) is -3.76. The van der Waals surface area contributed by atoms with E-state index in [0.717, 1.165) is 12.0 Å². The first-order valence-electron chi connectivity index (χ1n) is 7.93. The summed E-state index contributed by atoms with van der Waals surface area (Å²) in [6.45, 7) is 5.66. The highest BCUT2D eigenvalue weighted by atomic mass is 35.5. The van der Waals surface area contributed by atoms with Crippen molar-refractivity contribution < 1.29 is 13.2 Å². The molecule has 0 saturated carbocycles. The van der Waals surface area contributed by atoms with Crippen LogP contribution in [0, 0.1) is 6.92 Å². The predicted molar refractivity (Wildman–Crippen MR) is 101 cm³/mol. The van der Waals surface area contributed by atoms with Crippen LogP contribution in [0.5, 0.6) is 0 Å². The molecule has 0 heterocycles. The summed E-state index contributed by atoms with van der Waals surface area (Å²) in [5.74, 6) is -0.235. The van der Waals surface area contributed by atoms with E-state index in [1.165, 1.54) is 24.3 Å². The molecule has 0 aliphatic rings. The van der Waals surface area contributed by atoms with Crippen LogP contribution in [0.2, 0.25) is 5.02 Å². The molecule has 0 radical (unpaired) electrons. The first kappa shape index (κ1) is 19.3. The molecule has 0 spiro atoms. The van der Waals surface area contributed by atoms with Crippen LogP contribution < -0.4 is 10.0 Å². The number of hydrogen-bond acceptors (Lipinski definition) is 3. The number of carbonyl (C=O) groups is 1. The maximum Gasteiger partial charge on any atom is 0.261 e. The quantitative estimate of drug-likeness (QED) is 0.795. The molecule has 0 aliphatic heterocycles. The van der Waals surface area contributed by atoms with Gasteiger partial charge in [0.1, 0.15) is 0 Å². The fourth-order valence-electron chi connectivity index (χ4n) is 2.10. The lowest BCUT2D eigenvalue weighted by Gasteiger charge is -2.14. The van der Waals surface area contributed by atoms with Gasteiger partial charge in [-0.25, -0.2) is 8.42 Å². The monoisotopic (exact) mass is 380 g/mol. The van der Waals surface area contributed by atoms with E-state index in [2.05, 4.69) is 10.0 Å². The van der Waals surface area contributed by atoms with Crippen LogP contribution in [0.1, 0.15) is 36.2 Å². The minimum atomic E-state index is -3.76. The van der Waals surface area contributed by atoms with E-state index in [4.69, 9.17) is 11.6 Å². The Kier molecular flexibility index (Phi) is 6.08. The number of carbonyl (C=O) groups excluding carboxylic acids is 1. The summed E-state index contributed by atoms with van der Waals surface area (Å²) >= 11 is 5.80. The minimum absolute atomic E-state index is 0.0445. The lowest BCUT2D eigenvalue weighted by Crippen LogP contribution is -2.32. The molecular formula is C18H21ClN2O3S. The maximum absolute atomic E-state index is 12.5. The van der Waals surface area contributed by atoms with Gasteiger partial charge in [-0.15, -0.1) is 0 Å². The average molecular weight is 381 g/mol. The molecule has 1 amide bonds. The molecule has 0 aliphatic carbocycles. The molecule has 2 aromatic carbocycles. The van der Waals surface area contributed by atoms with Crippen molar-refractivity contribution in [2.75, 3.05) is 4.72 Å². The largest absolute Gasteiger partial charge is 0.350 e. The second-order valence-corrected chi connectivity index (χ2v) is 7.99. The van der Waals surface area contributed by atoms with Crippen molar-refractivity contribution in [1.82, 2.24) is 5.32 Å². The number of aryl methyl sites for hydroxylation is 1. The number of benzene rings is 2. The highest BCUT2D eigenvalue weighted by Gasteiger charge is 2.17. The van der Waals surface area contributed by atoms with Crippen molar-refractivity contribution in [3.05, 3.63) is 58.6 Å². The fraction of sp³-hybridized carbons (Fsp3) is 0.278. The van der Waals surface area contributed by atoms with Gasteiger partial charge in [-0.3, -0.25) is 9.52 Å². The summed E-state index contributed by atoms with van der Waals surface area (Å²) in [5, 5.41) is 3.32. The molecule has 0 saturated heterocycles. The maximum atomic E-state index is 12.5. The lowest BCUT2D eigenvalue weighted by atomic mass is 10.1. The van der Waals surface area contributed by atoms with Crippen molar-refractivity contribution in [2.24, 2.45) is 0 Å². The Balaban J connectivity index is 2.28. The first-order valence-corrected chi connectivity index (χ1v) is 9.79. The minimum Gasteiger partial charge on any atom is -0.350 e. The van der Waals surface area contributed by atoms with E-state index in [9.17, 15) is 13.2 Å². The molecule has 1 atom stereocenters. The molecule has 1 unspecified atom stereocenters. The molecule has 2 rings (SSSR count). The number of sulfonamides is 1. The molecule has 5 nitrogen and oxygen atoms in total. The topological polar surface area (TPSA) is 75.3 Å². The zero-order chi connectivity index (χ0) is 18.6. The highest BCUT2D eigenvalue weighted by molar-refractivity contribution is 7.92. The van der Waals surface area contributed by atoms with E-state index in [0.29, 0.717) is 16.3 Å². The Bertz CT molecular complexity index is 864. The number of anilines is 1. The fourth-order valence-corrected chi connectivity index (χ4v) is 3.35. The van der Waals surface area contributed by atoms with Crippen LogP contribution in [0.15, 0.2) is 47.4 Å². The normalized spacial score (nSPS) is 12.5. The molecule has 2 aromatic rings. The van der Waals surface area contributed by atoms with E-state index < -0.39 is 10.0 Å². The third kappa shape index (κ3) is 4.96. The number of rotatable bonds is 6. The van der Waals surface area contributed by atoms with Crippen molar-refractivity contribution in [3.8, 4) is 0 Å². The van der Waals surface area contributed by atoms with Gasteiger partial charge < -0.3 is 5.32 Å². The average Bonchev–Trinajstić information content (AvgIpc) is 2.56. The van der Waals surface area contributed by atoms with E-state index in [-0.39, 0.29) is 16.8 Å². The summed E-state index contributed by atoms with van der Waals surface area (Å²) in [6, 6.07) is 10.9. The molecule has 134 valence electrons. The summed E-state index contributed by atoms with van der Waals surface area (Å²) in [4.78, 5) is 12.4. The Morgan fingerprint density at radius 2 is 1.80 bits per heavy atom. The van der Waals surface area contributed by atoms with Gasteiger partial charge in [0.25, 0.3) is 15.9 Å². The van der Waals surface area contributed by atoms with Gasteiger partial charge in [0, 0.05) is 16.6 Å². The van der Waals surface area contributed by atoms with Gasteiger partial charge in [-0.1, -0.05) is 24.6 Å². The van der Waals surface area contributed by atoms with Gasteiger partial charge in [0.05, 0.1) is 10.6 Å². The number of amides is 1. The van der Waals surface area contributed by atoms with Gasteiger partial charge >= 0.3 is 0 Å². The number of nitrogens with one attached hydrogen (secondary N) is 2. The van der Waals surface area contributed by atoms with Crippen molar-refractivity contribution in [1.29, 1.82) is 0 Å². The summed E-state index contributed by atoms with van der Waals surface area (Å²) in [5.41, 5.74) is 1.49. The standard InChI is InChI=1S/C18H21ClN2O3S/c1-4-13(3)20-18(22)14-6-5-12(2)17(11-14)21-25(23,24)16-9-7-15(19)8-10-16/h5-11,13,21H,4H2,1-3H3,(H,20,22).